The number of H-pyrrole nitrogens is 1. The number of aryl methyl sites for hydroxylation is 1. The SMILES string of the molecule is CCc1ccccc1CNc1ncnc2nc[nH]c12. The number of imidazole rings is 1. The van der Waals surface area contributed by atoms with Crippen LogP contribution in [-0.4, -0.2) is 19.9 Å². The number of benzene rings is 1. The lowest BCUT2D eigenvalue weighted by atomic mass is 10.1. The van der Waals surface area contributed by atoms with Crippen molar-refractivity contribution in [3.8, 4) is 0 Å². The second kappa shape index (κ2) is 5.06. The van der Waals surface area contributed by atoms with E-state index in [0.29, 0.717) is 5.65 Å². The summed E-state index contributed by atoms with van der Waals surface area (Å²) in [6, 6.07) is 8.42. The molecule has 2 heterocycles. The molecule has 0 radical (unpaired) electrons. The second-order valence-corrected chi connectivity index (χ2v) is 4.30. The zero-order valence-electron chi connectivity index (χ0n) is 10.7. The van der Waals surface area contributed by atoms with Gasteiger partial charge in [-0.1, -0.05) is 31.2 Å². The van der Waals surface area contributed by atoms with Crippen molar-refractivity contribution in [3.63, 3.8) is 0 Å². The normalized spacial score (nSPS) is 10.8. The maximum Gasteiger partial charge on any atom is 0.182 e. The van der Waals surface area contributed by atoms with E-state index in [1.807, 2.05) is 0 Å². The fraction of sp³-hybridized carbons (Fsp3) is 0.214. The van der Waals surface area contributed by atoms with Crippen LogP contribution in [0.1, 0.15) is 18.1 Å². The van der Waals surface area contributed by atoms with Gasteiger partial charge in [0.2, 0.25) is 0 Å². The van der Waals surface area contributed by atoms with Gasteiger partial charge in [0.25, 0.3) is 0 Å². The first-order valence-corrected chi connectivity index (χ1v) is 6.33. The van der Waals surface area contributed by atoms with E-state index in [0.717, 1.165) is 24.3 Å². The van der Waals surface area contributed by atoms with Gasteiger partial charge in [-0.25, -0.2) is 15.0 Å². The Morgan fingerprint density at radius 2 is 1.95 bits per heavy atom. The molecule has 0 bridgehead atoms. The molecule has 5 heteroatoms. The first-order chi connectivity index (χ1) is 9.38. The number of hydrogen-bond donors (Lipinski definition) is 2. The van der Waals surface area contributed by atoms with Crippen LogP contribution in [-0.2, 0) is 13.0 Å². The summed E-state index contributed by atoms with van der Waals surface area (Å²) in [5.74, 6) is 0.786. The first kappa shape index (κ1) is 11.6. The average Bonchev–Trinajstić information content (AvgIpc) is 2.94. The zero-order chi connectivity index (χ0) is 13.1. The Morgan fingerprint density at radius 1 is 1.11 bits per heavy atom. The predicted molar refractivity (Wildman–Crippen MR) is 74.8 cm³/mol. The third-order valence-corrected chi connectivity index (χ3v) is 3.17. The lowest BCUT2D eigenvalue weighted by Gasteiger charge is -2.09. The molecule has 19 heavy (non-hydrogen) atoms. The van der Waals surface area contributed by atoms with E-state index in [9.17, 15) is 0 Å². The van der Waals surface area contributed by atoms with Crippen LogP contribution in [0.3, 0.4) is 0 Å². The van der Waals surface area contributed by atoms with E-state index in [1.165, 1.54) is 17.5 Å². The highest BCUT2D eigenvalue weighted by molar-refractivity contribution is 5.81. The number of rotatable bonds is 4. The third kappa shape index (κ3) is 2.27. The predicted octanol–water partition coefficient (Wildman–Crippen LogP) is 2.53. The minimum Gasteiger partial charge on any atom is -0.364 e. The molecule has 3 rings (SSSR count). The van der Waals surface area contributed by atoms with Crippen molar-refractivity contribution in [2.75, 3.05) is 5.32 Å². The number of nitrogens with zero attached hydrogens (tertiary/aromatic N) is 3. The lowest BCUT2D eigenvalue weighted by molar-refractivity contribution is 1.03. The minimum atomic E-state index is 0.682. The van der Waals surface area contributed by atoms with Crippen LogP contribution >= 0.6 is 0 Å². The number of anilines is 1. The van der Waals surface area contributed by atoms with E-state index in [2.05, 4.69) is 56.4 Å². The molecule has 0 fully saturated rings. The van der Waals surface area contributed by atoms with Crippen LogP contribution in [0.5, 0.6) is 0 Å². The molecular formula is C14H15N5. The highest BCUT2D eigenvalue weighted by atomic mass is 15.1. The molecule has 0 aliphatic heterocycles. The van der Waals surface area contributed by atoms with Gasteiger partial charge in [0.1, 0.15) is 11.8 Å². The topological polar surface area (TPSA) is 66.5 Å². The molecule has 96 valence electrons. The Kier molecular flexibility index (Phi) is 3.10. The van der Waals surface area contributed by atoms with Gasteiger partial charge < -0.3 is 10.3 Å². The molecule has 0 saturated carbocycles. The van der Waals surface area contributed by atoms with E-state index in [-0.39, 0.29) is 0 Å². The van der Waals surface area contributed by atoms with Gasteiger partial charge in [0.05, 0.1) is 6.33 Å². The van der Waals surface area contributed by atoms with Gasteiger partial charge in [0, 0.05) is 6.54 Å². The Hall–Kier alpha value is -2.43. The summed E-state index contributed by atoms with van der Waals surface area (Å²) in [6.45, 7) is 2.91. The Bertz CT molecular complexity index is 689. The van der Waals surface area contributed by atoms with E-state index in [1.54, 1.807) is 6.33 Å². The summed E-state index contributed by atoms with van der Waals surface area (Å²) in [6.07, 6.45) is 4.18. The van der Waals surface area contributed by atoms with Gasteiger partial charge in [-0.05, 0) is 17.5 Å². The van der Waals surface area contributed by atoms with Crippen LogP contribution in [0.15, 0.2) is 36.9 Å². The Morgan fingerprint density at radius 3 is 2.79 bits per heavy atom. The first-order valence-electron chi connectivity index (χ1n) is 6.33. The summed E-state index contributed by atoms with van der Waals surface area (Å²) in [5.41, 5.74) is 4.17. The standard InChI is InChI=1S/C14H15N5/c1-2-10-5-3-4-6-11(10)7-15-13-12-14(17-8-16-12)19-9-18-13/h3-6,8-9H,2,7H2,1H3,(H2,15,16,17,18,19). The van der Waals surface area contributed by atoms with E-state index in [4.69, 9.17) is 0 Å². The molecule has 5 nitrogen and oxygen atoms in total. The molecule has 0 spiro atoms. The van der Waals surface area contributed by atoms with Crippen molar-refractivity contribution in [2.24, 2.45) is 0 Å². The maximum absolute atomic E-state index is 4.26. The van der Waals surface area contributed by atoms with Gasteiger partial charge in [-0.2, -0.15) is 0 Å². The van der Waals surface area contributed by atoms with Crippen molar-refractivity contribution in [1.82, 2.24) is 19.9 Å². The Balaban J connectivity index is 1.84. The quantitative estimate of drug-likeness (QED) is 0.749. The van der Waals surface area contributed by atoms with Gasteiger partial charge in [0.15, 0.2) is 11.5 Å². The fourth-order valence-electron chi connectivity index (χ4n) is 2.15. The summed E-state index contributed by atoms with van der Waals surface area (Å²) >= 11 is 0. The zero-order valence-corrected chi connectivity index (χ0v) is 10.7. The molecule has 0 atom stereocenters. The van der Waals surface area contributed by atoms with Crippen LogP contribution < -0.4 is 5.32 Å². The van der Waals surface area contributed by atoms with Crippen molar-refractivity contribution in [3.05, 3.63) is 48.0 Å². The van der Waals surface area contributed by atoms with Gasteiger partial charge in [-0.15, -0.1) is 0 Å². The van der Waals surface area contributed by atoms with Crippen molar-refractivity contribution in [2.45, 2.75) is 19.9 Å². The van der Waals surface area contributed by atoms with E-state index < -0.39 is 0 Å². The minimum absolute atomic E-state index is 0.682. The summed E-state index contributed by atoms with van der Waals surface area (Å²) < 4.78 is 0. The number of aromatic nitrogens is 4. The molecule has 0 aliphatic carbocycles. The van der Waals surface area contributed by atoms with E-state index >= 15 is 0 Å². The molecule has 0 amide bonds. The smallest absolute Gasteiger partial charge is 0.182 e. The molecule has 0 aliphatic rings. The Labute approximate surface area is 111 Å². The van der Waals surface area contributed by atoms with Crippen molar-refractivity contribution >= 4 is 17.0 Å². The number of aromatic amines is 1. The third-order valence-electron chi connectivity index (χ3n) is 3.17. The molecule has 0 unspecified atom stereocenters. The molecule has 1 aromatic carbocycles. The number of hydrogen-bond acceptors (Lipinski definition) is 4. The summed E-state index contributed by atoms with van der Waals surface area (Å²) in [7, 11) is 0. The van der Waals surface area contributed by atoms with Crippen molar-refractivity contribution in [1.29, 1.82) is 0 Å². The van der Waals surface area contributed by atoms with Crippen LogP contribution in [0.25, 0.3) is 11.2 Å². The molecule has 0 saturated heterocycles. The highest BCUT2D eigenvalue weighted by Gasteiger charge is 2.06. The molecule has 2 N–H and O–H groups in total. The highest BCUT2D eigenvalue weighted by Crippen LogP contribution is 2.17. The lowest BCUT2D eigenvalue weighted by Crippen LogP contribution is -2.04. The van der Waals surface area contributed by atoms with Gasteiger partial charge >= 0.3 is 0 Å². The number of fused-ring (bicyclic) bond motifs is 1. The fourth-order valence-corrected chi connectivity index (χ4v) is 2.15. The van der Waals surface area contributed by atoms with Crippen molar-refractivity contribution < 1.29 is 0 Å². The second-order valence-electron chi connectivity index (χ2n) is 4.30. The van der Waals surface area contributed by atoms with Crippen LogP contribution in [0, 0.1) is 0 Å². The van der Waals surface area contributed by atoms with Gasteiger partial charge in [-0.3, -0.25) is 0 Å². The summed E-state index contributed by atoms with van der Waals surface area (Å²) in [4.78, 5) is 15.5. The number of nitrogens with one attached hydrogen (secondary N) is 2. The molecular weight excluding hydrogens is 238 g/mol. The molecule has 3 aromatic rings. The van der Waals surface area contributed by atoms with Crippen LogP contribution in [0.4, 0.5) is 5.82 Å². The summed E-state index contributed by atoms with van der Waals surface area (Å²) in [5, 5.41) is 3.34. The average molecular weight is 253 g/mol. The maximum atomic E-state index is 4.26. The largest absolute Gasteiger partial charge is 0.364 e. The van der Waals surface area contributed by atoms with Crippen LogP contribution in [0.2, 0.25) is 0 Å². The monoisotopic (exact) mass is 253 g/mol. The molecule has 2 aromatic heterocycles.